The molecule has 5 nitrogen and oxygen atoms in total. The van der Waals surface area contributed by atoms with Gasteiger partial charge in [0.05, 0.1) is 5.69 Å². The normalized spacial score (nSPS) is 18.7. The van der Waals surface area contributed by atoms with Crippen LogP contribution in [0.2, 0.25) is 0 Å². The summed E-state index contributed by atoms with van der Waals surface area (Å²) in [5, 5.41) is 0. The van der Waals surface area contributed by atoms with E-state index in [0.29, 0.717) is 11.6 Å². The van der Waals surface area contributed by atoms with Gasteiger partial charge < -0.3 is 10.6 Å². The molecule has 116 valence electrons. The van der Waals surface area contributed by atoms with Crippen LogP contribution in [0.25, 0.3) is 5.57 Å². The lowest BCUT2D eigenvalue weighted by Crippen LogP contribution is -2.27. The van der Waals surface area contributed by atoms with E-state index < -0.39 is 5.91 Å². The van der Waals surface area contributed by atoms with E-state index in [9.17, 15) is 4.79 Å². The summed E-state index contributed by atoms with van der Waals surface area (Å²) in [6.45, 7) is 1.89. The summed E-state index contributed by atoms with van der Waals surface area (Å²) in [5.41, 5.74) is 7.73. The fourth-order valence-corrected chi connectivity index (χ4v) is 2.95. The first-order valence-corrected chi connectivity index (χ1v) is 8.04. The van der Waals surface area contributed by atoms with Gasteiger partial charge in [0.1, 0.15) is 5.69 Å². The first kappa shape index (κ1) is 14.8. The quantitative estimate of drug-likeness (QED) is 0.931. The van der Waals surface area contributed by atoms with Gasteiger partial charge in [-0.15, -0.1) is 0 Å². The second kappa shape index (κ2) is 6.73. The molecule has 1 aliphatic carbocycles. The van der Waals surface area contributed by atoms with Gasteiger partial charge in [0, 0.05) is 13.1 Å². The van der Waals surface area contributed by atoms with E-state index in [0.717, 1.165) is 50.0 Å². The van der Waals surface area contributed by atoms with Crippen molar-refractivity contribution < 1.29 is 4.79 Å². The van der Waals surface area contributed by atoms with E-state index in [4.69, 9.17) is 10.7 Å². The minimum Gasteiger partial charge on any atom is -0.364 e. The first-order chi connectivity index (χ1) is 10.7. The second-order valence-electron chi connectivity index (χ2n) is 5.86. The number of aromatic nitrogens is 2. The van der Waals surface area contributed by atoms with Crippen LogP contribution in [-0.2, 0) is 0 Å². The number of nitrogens with zero attached hydrogens (tertiary/aromatic N) is 3. The summed E-state index contributed by atoms with van der Waals surface area (Å²) < 4.78 is 0. The van der Waals surface area contributed by atoms with Crippen LogP contribution in [0.4, 0.5) is 5.95 Å². The van der Waals surface area contributed by atoms with E-state index in [1.807, 2.05) is 6.08 Å². The highest BCUT2D eigenvalue weighted by Gasteiger charge is 2.17. The molecular formula is C17H22N4O. The molecule has 3 rings (SSSR count). The van der Waals surface area contributed by atoms with Gasteiger partial charge >= 0.3 is 0 Å². The Morgan fingerprint density at radius 3 is 2.55 bits per heavy atom. The van der Waals surface area contributed by atoms with Crippen molar-refractivity contribution >= 4 is 17.4 Å². The van der Waals surface area contributed by atoms with Crippen LogP contribution < -0.4 is 10.6 Å². The van der Waals surface area contributed by atoms with E-state index in [-0.39, 0.29) is 0 Å². The van der Waals surface area contributed by atoms with Crippen LogP contribution in [0.15, 0.2) is 24.3 Å². The van der Waals surface area contributed by atoms with Crippen molar-refractivity contribution in [2.24, 2.45) is 5.73 Å². The SMILES string of the molecule is NC(=O)c1cc(C2=CC=CCC2)nc(N2CCCCCC2)n1. The molecular weight excluding hydrogens is 276 g/mol. The molecule has 1 saturated heterocycles. The van der Waals surface area contributed by atoms with Gasteiger partial charge in [0.2, 0.25) is 5.95 Å². The number of carbonyl (C=O) groups excluding carboxylic acids is 1. The van der Waals surface area contributed by atoms with E-state index >= 15 is 0 Å². The molecule has 5 heteroatoms. The van der Waals surface area contributed by atoms with Crippen LogP contribution in [0.3, 0.4) is 0 Å². The maximum absolute atomic E-state index is 11.6. The van der Waals surface area contributed by atoms with Crippen molar-refractivity contribution in [1.29, 1.82) is 0 Å². The molecule has 22 heavy (non-hydrogen) atoms. The average molecular weight is 298 g/mol. The van der Waals surface area contributed by atoms with Crippen molar-refractivity contribution in [1.82, 2.24) is 9.97 Å². The zero-order chi connectivity index (χ0) is 15.4. The molecule has 1 aliphatic heterocycles. The van der Waals surface area contributed by atoms with Crippen LogP contribution in [0.1, 0.15) is 54.7 Å². The van der Waals surface area contributed by atoms with Crippen LogP contribution >= 0.6 is 0 Å². The fourth-order valence-electron chi connectivity index (χ4n) is 2.95. The molecule has 2 heterocycles. The molecule has 0 spiro atoms. The van der Waals surface area contributed by atoms with Crippen molar-refractivity contribution in [2.45, 2.75) is 38.5 Å². The van der Waals surface area contributed by atoms with Gasteiger partial charge in [0.25, 0.3) is 5.91 Å². The largest absolute Gasteiger partial charge is 0.364 e. The van der Waals surface area contributed by atoms with E-state index in [1.54, 1.807) is 6.07 Å². The van der Waals surface area contributed by atoms with Crippen molar-refractivity contribution in [3.05, 3.63) is 35.7 Å². The lowest BCUT2D eigenvalue weighted by Gasteiger charge is -2.21. The summed E-state index contributed by atoms with van der Waals surface area (Å²) in [6.07, 6.45) is 12.9. The van der Waals surface area contributed by atoms with Gasteiger partial charge in [-0.3, -0.25) is 4.79 Å². The molecule has 0 saturated carbocycles. The number of carbonyl (C=O) groups is 1. The molecule has 0 atom stereocenters. The maximum Gasteiger partial charge on any atom is 0.267 e. The minimum atomic E-state index is -0.494. The van der Waals surface area contributed by atoms with Crippen molar-refractivity contribution in [3.63, 3.8) is 0 Å². The molecule has 0 unspecified atom stereocenters. The predicted octanol–water partition coefficient (Wildman–Crippen LogP) is 2.69. The zero-order valence-electron chi connectivity index (χ0n) is 12.8. The van der Waals surface area contributed by atoms with Crippen LogP contribution in [-0.4, -0.2) is 29.0 Å². The number of primary amides is 1. The molecule has 1 amide bonds. The molecule has 0 aromatic carbocycles. The number of hydrogen-bond donors (Lipinski definition) is 1. The summed E-state index contributed by atoms with van der Waals surface area (Å²) in [7, 11) is 0. The van der Waals surface area contributed by atoms with Gasteiger partial charge in [-0.2, -0.15) is 0 Å². The number of nitrogens with two attached hydrogens (primary N) is 1. The Morgan fingerprint density at radius 2 is 1.91 bits per heavy atom. The van der Waals surface area contributed by atoms with Crippen molar-refractivity contribution in [3.8, 4) is 0 Å². The van der Waals surface area contributed by atoms with Gasteiger partial charge in [-0.25, -0.2) is 9.97 Å². The van der Waals surface area contributed by atoms with E-state index in [2.05, 4.69) is 22.0 Å². The topological polar surface area (TPSA) is 72.1 Å². The van der Waals surface area contributed by atoms with Gasteiger partial charge in [0.15, 0.2) is 0 Å². The zero-order valence-corrected chi connectivity index (χ0v) is 12.8. The average Bonchev–Trinajstić information content (AvgIpc) is 2.84. The van der Waals surface area contributed by atoms with Crippen molar-refractivity contribution in [2.75, 3.05) is 18.0 Å². The minimum absolute atomic E-state index is 0.305. The lowest BCUT2D eigenvalue weighted by molar-refractivity contribution is 0.0995. The molecule has 1 fully saturated rings. The summed E-state index contributed by atoms with van der Waals surface area (Å²) in [6, 6.07) is 1.72. The van der Waals surface area contributed by atoms with Crippen LogP contribution in [0, 0.1) is 0 Å². The van der Waals surface area contributed by atoms with E-state index in [1.165, 1.54) is 12.8 Å². The summed E-state index contributed by atoms with van der Waals surface area (Å²) in [4.78, 5) is 22.9. The Labute approximate surface area is 130 Å². The summed E-state index contributed by atoms with van der Waals surface area (Å²) in [5.74, 6) is 0.148. The number of anilines is 1. The molecule has 2 N–H and O–H groups in total. The Hall–Kier alpha value is -2.17. The lowest BCUT2D eigenvalue weighted by atomic mass is 10.0. The Morgan fingerprint density at radius 1 is 1.14 bits per heavy atom. The Kier molecular flexibility index (Phi) is 4.51. The third-order valence-electron chi connectivity index (χ3n) is 4.20. The number of allylic oxidation sites excluding steroid dienone is 4. The number of hydrogen-bond acceptors (Lipinski definition) is 4. The van der Waals surface area contributed by atoms with Crippen LogP contribution in [0.5, 0.6) is 0 Å². The third-order valence-corrected chi connectivity index (χ3v) is 4.20. The molecule has 1 aromatic rings. The second-order valence-corrected chi connectivity index (χ2v) is 5.86. The Bertz CT molecular complexity index is 613. The maximum atomic E-state index is 11.6. The van der Waals surface area contributed by atoms with Gasteiger partial charge in [-0.05, 0) is 37.3 Å². The Balaban J connectivity index is 1.97. The predicted molar refractivity (Wildman–Crippen MR) is 87.6 cm³/mol. The highest BCUT2D eigenvalue weighted by molar-refractivity contribution is 5.92. The number of amides is 1. The smallest absolute Gasteiger partial charge is 0.267 e. The monoisotopic (exact) mass is 298 g/mol. The van der Waals surface area contributed by atoms with Gasteiger partial charge in [-0.1, -0.05) is 31.1 Å². The molecule has 2 aliphatic rings. The standard InChI is InChI=1S/C17H22N4O/c18-16(22)15-12-14(13-8-4-3-5-9-13)19-17(20-15)21-10-6-1-2-7-11-21/h3-4,8,12H,1-2,5-7,9-11H2,(H2,18,22). The molecule has 1 aromatic heterocycles. The highest BCUT2D eigenvalue weighted by Crippen LogP contribution is 2.25. The third kappa shape index (κ3) is 3.35. The fraction of sp³-hybridized carbons (Fsp3) is 0.471. The summed E-state index contributed by atoms with van der Waals surface area (Å²) >= 11 is 0. The number of rotatable bonds is 3. The molecule has 0 bridgehead atoms. The first-order valence-electron chi connectivity index (χ1n) is 8.04. The molecule has 0 radical (unpaired) electrons. The highest BCUT2D eigenvalue weighted by atomic mass is 16.1.